The molecule has 134 valence electrons. The van der Waals surface area contributed by atoms with Crippen molar-refractivity contribution in [2.75, 3.05) is 7.11 Å². The van der Waals surface area contributed by atoms with Crippen molar-refractivity contribution in [3.8, 4) is 6.07 Å². The van der Waals surface area contributed by atoms with Crippen molar-refractivity contribution < 1.29 is 19.1 Å². The summed E-state index contributed by atoms with van der Waals surface area (Å²) in [5.41, 5.74) is 0.872. The Kier molecular flexibility index (Phi) is 8.13. The van der Waals surface area contributed by atoms with Crippen LogP contribution in [-0.2, 0) is 25.5 Å². The molecule has 1 rings (SSSR count). The Hall–Kier alpha value is -2.88. The van der Waals surface area contributed by atoms with Crippen LogP contribution < -0.4 is 10.6 Å². The van der Waals surface area contributed by atoms with Gasteiger partial charge in [0.15, 0.2) is 0 Å². The molecule has 2 amide bonds. The Labute approximate surface area is 147 Å². The van der Waals surface area contributed by atoms with Gasteiger partial charge in [0.1, 0.15) is 12.1 Å². The van der Waals surface area contributed by atoms with Crippen molar-refractivity contribution in [3.05, 3.63) is 35.9 Å². The number of methoxy groups -OCH3 is 1. The summed E-state index contributed by atoms with van der Waals surface area (Å²) in [5.74, 6) is -1.91. The third-order valence-corrected chi connectivity index (χ3v) is 3.59. The maximum Gasteiger partial charge on any atom is 0.328 e. The minimum atomic E-state index is -0.945. The van der Waals surface area contributed by atoms with Gasteiger partial charge < -0.3 is 15.4 Å². The summed E-state index contributed by atoms with van der Waals surface area (Å²) in [4.78, 5) is 35.9. The number of carbonyl (C=O) groups excluding carboxylic acids is 3. The zero-order valence-electron chi connectivity index (χ0n) is 14.6. The van der Waals surface area contributed by atoms with E-state index in [1.807, 2.05) is 36.4 Å². The van der Waals surface area contributed by atoms with Crippen LogP contribution in [0.5, 0.6) is 0 Å². The minimum absolute atomic E-state index is 0.132. The third-order valence-electron chi connectivity index (χ3n) is 3.59. The molecular weight excluding hydrogens is 322 g/mol. The van der Waals surface area contributed by atoms with Crippen molar-refractivity contribution in [1.29, 1.82) is 5.26 Å². The smallest absolute Gasteiger partial charge is 0.328 e. The van der Waals surface area contributed by atoms with Gasteiger partial charge in [0, 0.05) is 19.3 Å². The van der Waals surface area contributed by atoms with E-state index in [0.29, 0.717) is 0 Å². The second kappa shape index (κ2) is 10.1. The lowest BCUT2D eigenvalue weighted by molar-refractivity contribution is -0.145. The van der Waals surface area contributed by atoms with Crippen LogP contribution in [0.3, 0.4) is 0 Å². The number of nitriles is 1. The zero-order valence-corrected chi connectivity index (χ0v) is 14.6. The number of nitrogens with zero attached hydrogens (tertiary/aromatic N) is 1. The second-order valence-corrected chi connectivity index (χ2v) is 5.79. The molecule has 0 aliphatic rings. The molecular formula is C18H23N3O4. The maximum absolute atomic E-state index is 12.6. The van der Waals surface area contributed by atoms with Gasteiger partial charge >= 0.3 is 5.97 Å². The predicted molar refractivity (Wildman–Crippen MR) is 91.1 cm³/mol. The van der Waals surface area contributed by atoms with Crippen LogP contribution in [0, 0.1) is 17.2 Å². The lowest BCUT2D eigenvalue weighted by Crippen LogP contribution is -2.52. The van der Waals surface area contributed by atoms with Crippen molar-refractivity contribution in [1.82, 2.24) is 10.6 Å². The van der Waals surface area contributed by atoms with Crippen LogP contribution in [0.2, 0.25) is 0 Å². The van der Waals surface area contributed by atoms with Gasteiger partial charge in [0.05, 0.1) is 13.2 Å². The Balaban J connectivity index is 2.88. The van der Waals surface area contributed by atoms with Gasteiger partial charge in [-0.3, -0.25) is 9.59 Å². The summed E-state index contributed by atoms with van der Waals surface area (Å²) in [7, 11) is 1.22. The van der Waals surface area contributed by atoms with E-state index in [1.165, 1.54) is 14.0 Å². The molecule has 3 atom stereocenters. The molecule has 1 aromatic carbocycles. The highest BCUT2D eigenvalue weighted by atomic mass is 16.5. The Morgan fingerprint density at radius 2 is 1.80 bits per heavy atom. The molecule has 0 aromatic heterocycles. The molecule has 0 bridgehead atoms. The second-order valence-electron chi connectivity index (χ2n) is 5.79. The van der Waals surface area contributed by atoms with E-state index in [2.05, 4.69) is 15.4 Å². The first-order valence-corrected chi connectivity index (χ1v) is 7.96. The molecule has 0 aliphatic heterocycles. The molecule has 0 saturated carbocycles. The molecule has 0 radical (unpaired) electrons. The van der Waals surface area contributed by atoms with Gasteiger partial charge in [-0.1, -0.05) is 30.3 Å². The molecule has 0 unspecified atom stereocenters. The highest BCUT2D eigenvalue weighted by Gasteiger charge is 2.28. The molecule has 7 nitrogen and oxygen atoms in total. The quantitative estimate of drug-likeness (QED) is 0.682. The van der Waals surface area contributed by atoms with E-state index in [1.54, 1.807) is 6.92 Å². The van der Waals surface area contributed by atoms with Gasteiger partial charge in [0.2, 0.25) is 11.8 Å². The molecule has 2 N–H and O–H groups in total. The lowest BCUT2D eigenvalue weighted by atomic mass is 10.0. The van der Waals surface area contributed by atoms with E-state index in [4.69, 9.17) is 5.26 Å². The molecule has 0 fully saturated rings. The van der Waals surface area contributed by atoms with E-state index in [9.17, 15) is 14.4 Å². The van der Waals surface area contributed by atoms with Crippen molar-refractivity contribution in [2.24, 2.45) is 5.92 Å². The zero-order chi connectivity index (χ0) is 18.8. The molecule has 1 aromatic rings. The Bertz CT molecular complexity index is 639. The van der Waals surface area contributed by atoms with E-state index < -0.39 is 29.9 Å². The van der Waals surface area contributed by atoms with Crippen LogP contribution >= 0.6 is 0 Å². The average Bonchev–Trinajstić information content (AvgIpc) is 2.60. The molecule has 0 aliphatic carbocycles. The highest BCUT2D eigenvalue weighted by Crippen LogP contribution is 2.08. The lowest BCUT2D eigenvalue weighted by Gasteiger charge is -2.22. The van der Waals surface area contributed by atoms with Gasteiger partial charge in [-0.25, -0.2) is 4.79 Å². The Morgan fingerprint density at radius 1 is 1.16 bits per heavy atom. The van der Waals surface area contributed by atoms with Gasteiger partial charge in [-0.05, 0) is 18.9 Å². The largest absolute Gasteiger partial charge is 0.467 e. The molecule has 7 heteroatoms. The van der Waals surface area contributed by atoms with Crippen LogP contribution in [0.1, 0.15) is 25.8 Å². The van der Waals surface area contributed by atoms with Gasteiger partial charge in [0.25, 0.3) is 0 Å². The summed E-state index contributed by atoms with van der Waals surface area (Å²) >= 11 is 0. The normalized spacial score (nSPS) is 13.7. The predicted octanol–water partition coefficient (Wildman–Crippen LogP) is 0.941. The van der Waals surface area contributed by atoms with Crippen LogP contribution in [0.25, 0.3) is 0 Å². The molecule has 0 saturated heterocycles. The number of benzene rings is 1. The summed E-state index contributed by atoms with van der Waals surface area (Å²) in [6.07, 6.45) is 0.418. The first-order valence-electron chi connectivity index (χ1n) is 7.96. The molecule has 0 spiro atoms. The number of rotatable bonds is 8. The van der Waals surface area contributed by atoms with Crippen molar-refractivity contribution >= 4 is 17.8 Å². The number of ether oxygens (including phenoxy) is 1. The summed E-state index contributed by atoms with van der Waals surface area (Å²) in [6.45, 7) is 2.97. The number of nitrogens with one attached hydrogen (secondary N) is 2. The number of esters is 1. The van der Waals surface area contributed by atoms with Crippen molar-refractivity contribution in [3.63, 3.8) is 0 Å². The fraction of sp³-hybridized carbons (Fsp3) is 0.444. The van der Waals surface area contributed by atoms with Crippen LogP contribution in [0.15, 0.2) is 30.3 Å². The number of hydrogen-bond donors (Lipinski definition) is 2. The topological polar surface area (TPSA) is 108 Å². The first-order chi connectivity index (χ1) is 11.9. The van der Waals surface area contributed by atoms with E-state index >= 15 is 0 Å². The summed E-state index contributed by atoms with van der Waals surface area (Å²) in [6, 6.07) is 9.46. The van der Waals surface area contributed by atoms with Crippen LogP contribution in [-0.4, -0.2) is 37.0 Å². The summed E-state index contributed by atoms with van der Waals surface area (Å²) < 4.78 is 4.69. The van der Waals surface area contributed by atoms with E-state index in [0.717, 1.165) is 5.56 Å². The van der Waals surface area contributed by atoms with Crippen LogP contribution in [0.4, 0.5) is 0 Å². The highest BCUT2D eigenvalue weighted by molar-refractivity contribution is 5.90. The number of amides is 2. The average molecular weight is 345 g/mol. The number of hydrogen-bond acceptors (Lipinski definition) is 5. The third kappa shape index (κ3) is 7.04. The van der Waals surface area contributed by atoms with Crippen molar-refractivity contribution in [2.45, 2.75) is 38.8 Å². The molecule has 0 heterocycles. The summed E-state index contributed by atoms with van der Waals surface area (Å²) in [5, 5.41) is 14.1. The Morgan fingerprint density at radius 3 is 2.32 bits per heavy atom. The fourth-order valence-corrected chi connectivity index (χ4v) is 2.34. The maximum atomic E-state index is 12.6. The minimum Gasteiger partial charge on any atom is -0.467 e. The first kappa shape index (κ1) is 20.2. The van der Waals surface area contributed by atoms with Gasteiger partial charge in [-0.15, -0.1) is 0 Å². The standard InChI is InChI=1S/C18H23N3O4/c1-12(11-19)9-16(18(24)25-3)21-17(23)15(20-13(2)22)10-14-7-5-4-6-8-14/h4-8,12,15-16H,9-10H2,1-3H3,(H,20,22)(H,21,23)/t12-,15-,16+/m1/s1. The van der Waals surface area contributed by atoms with E-state index in [-0.39, 0.29) is 18.7 Å². The number of carbonyl (C=O) groups is 3. The SMILES string of the molecule is COC(=O)[C@H](C[C@@H](C)C#N)NC(=O)[C@@H](Cc1ccccc1)NC(C)=O. The van der Waals surface area contributed by atoms with Gasteiger partial charge in [-0.2, -0.15) is 5.26 Å². The fourth-order valence-electron chi connectivity index (χ4n) is 2.34. The monoisotopic (exact) mass is 345 g/mol. The molecule has 25 heavy (non-hydrogen) atoms.